The van der Waals surface area contributed by atoms with Crippen LogP contribution >= 0.6 is 0 Å². The molecule has 1 aliphatic heterocycles. The average molecular weight is 280 g/mol. The Kier molecular flexibility index (Phi) is 2.03. The highest BCUT2D eigenvalue weighted by Crippen LogP contribution is 2.31. The first kappa shape index (κ1) is 11.2. The Morgan fingerprint density at radius 2 is 1.76 bits per heavy atom. The highest BCUT2D eigenvalue weighted by molar-refractivity contribution is 6.37. The molecule has 0 fully saturated rings. The molecule has 3 aromatic carbocycles. The first-order valence-corrected chi connectivity index (χ1v) is 7.50. The minimum Gasteiger partial charge on any atom is -0.248 e. The molecule has 1 heterocycles. The SMILES string of the molecule is [Si]c1cccc2c1-c1cc3c(cc1=N2)C=c1ccccc1=3. The van der Waals surface area contributed by atoms with Crippen LogP contribution in [-0.2, 0) is 0 Å². The maximum atomic E-state index is 4.77. The van der Waals surface area contributed by atoms with Crippen LogP contribution in [0.3, 0.4) is 0 Å². The van der Waals surface area contributed by atoms with Crippen molar-refractivity contribution in [2.24, 2.45) is 4.99 Å². The fourth-order valence-corrected chi connectivity index (χ4v) is 3.69. The van der Waals surface area contributed by atoms with Crippen LogP contribution < -0.4 is 15.8 Å². The average Bonchev–Trinajstić information content (AvgIpc) is 3.02. The minimum absolute atomic E-state index is 1.05. The number of fused-ring (bicyclic) bond motifs is 5. The molecule has 0 saturated carbocycles. The Morgan fingerprint density at radius 3 is 2.71 bits per heavy atom. The van der Waals surface area contributed by atoms with Gasteiger partial charge in [-0.3, -0.25) is 0 Å². The standard InChI is InChI=1S/C19H10NSi/c21-18-7-3-6-16-19(18)15-10-14-12(9-17(15)20-16)8-11-4-1-2-5-13(11)14/h1-10H. The zero-order valence-electron chi connectivity index (χ0n) is 11.2. The largest absolute Gasteiger partial charge is 0.248 e. The molecule has 2 aliphatic rings. The molecule has 0 bridgehead atoms. The van der Waals surface area contributed by atoms with Crippen molar-refractivity contribution in [1.29, 1.82) is 0 Å². The summed E-state index contributed by atoms with van der Waals surface area (Å²) >= 11 is 0. The van der Waals surface area contributed by atoms with Crippen molar-refractivity contribution >= 4 is 27.2 Å². The number of rotatable bonds is 0. The van der Waals surface area contributed by atoms with Crippen molar-refractivity contribution < 1.29 is 0 Å². The summed E-state index contributed by atoms with van der Waals surface area (Å²) in [4.78, 5) is 4.77. The number of nitrogens with zero attached hydrogens (tertiary/aromatic N) is 1. The van der Waals surface area contributed by atoms with Gasteiger partial charge in [0.05, 0.1) is 21.3 Å². The van der Waals surface area contributed by atoms with Crippen LogP contribution in [0.4, 0.5) is 5.69 Å². The monoisotopic (exact) mass is 280 g/mol. The van der Waals surface area contributed by atoms with E-state index in [1.165, 1.54) is 32.3 Å². The van der Waals surface area contributed by atoms with Gasteiger partial charge in [0, 0.05) is 11.1 Å². The van der Waals surface area contributed by atoms with Crippen molar-refractivity contribution in [3.05, 3.63) is 81.2 Å². The van der Waals surface area contributed by atoms with Crippen LogP contribution in [0, 0.1) is 10.4 Å². The van der Waals surface area contributed by atoms with E-state index in [9.17, 15) is 0 Å². The second-order valence-corrected chi connectivity index (χ2v) is 6.04. The van der Waals surface area contributed by atoms with Gasteiger partial charge < -0.3 is 0 Å². The second-order valence-electron chi connectivity index (χ2n) is 5.50. The molecule has 3 aromatic rings. The van der Waals surface area contributed by atoms with E-state index in [1.807, 2.05) is 6.07 Å². The molecule has 5 rings (SSSR count). The normalized spacial score (nSPS) is 12.8. The van der Waals surface area contributed by atoms with Gasteiger partial charge in [-0.25, -0.2) is 4.99 Å². The molecule has 0 N–H and O–H groups in total. The lowest BCUT2D eigenvalue weighted by molar-refractivity contribution is 1.39. The van der Waals surface area contributed by atoms with Crippen LogP contribution in [0.25, 0.3) is 17.2 Å². The lowest BCUT2D eigenvalue weighted by Gasteiger charge is -2.04. The van der Waals surface area contributed by atoms with Crippen LogP contribution in [0.5, 0.6) is 0 Å². The molecule has 21 heavy (non-hydrogen) atoms. The molecule has 95 valence electrons. The molecular weight excluding hydrogens is 270 g/mol. The fraction of sp³-hybridized carbons (Fsp3) is 0. The Morgan fingerprint density at radius 1 is 0.857 bits per heavy atom. The molecule has 1 nitrogen and oxygen atoms in total. The van der Waals surface area contributed by atoms with Gasteiger partial charge >= 0.3 is 0 Å². The summed E-state index contributed by atoms with van der Waals surface area (Å²) in [6, 6.07) is 19.2. The molecule has 2 heteroatoms. The van der Waals surface area contributed by atoms with Crippen LogP contribution in [-0.4, -0.2) is 10.2 Å². The van der Waals surface area contributed by atoms with Crippen molar-refractivity contribution in [2.75, 3.05) is 0 Å². The van der Waals surface area contributed by atoms with Gasteiger partial charge in [0.15, 0.2) is 0 Å². The summed E-state index contributed by atoms with van der Waals surface area (Å²) in [6.07, 6.45) is 2.25. The third kappa shape index (κ3) is 1.43. The molecule has 0 amide bonds. The Labute approximate surface area is 125 Å². The maximum absolute atomic E-state index is 4.77. The first-order valence-electron chi connectivity index (χ1n) is 7.00. The molecule has 0 spiro atoms. The van der Waals surface area contributed by atoms with E-state index in [1.54, 1.807) is 0 Å². The van der Waals surface area contributed by atoms with E-state index in [0.717, 1.165) is 16.2 Å². The highest BCUT2D eigenvalue weighted by atomic mass is 28.1. The van der Waals surface area contributed by atoms with Gasteiger partial charge in [-0.2, -0.15) is 0 Å². The minimum atomic E-state index is 1.05. The lowest BCUT2D eigenvalue weighted by Crippen LogP contribution is -2.09. The van der Waals surface area contributed by atoms with E-state index >= 15 is 0 Å². The number of hydrogen-bond acceptors (Lipinski definition) is 1. The second kappa shape index (κ2) is 3.80. The molecule has 1 aliphatic carbocycles. The molecule has 0 saturated heterocycles. The van der Waals surface area contributed by atoms with Crippen molar-refractivity contribution in [3.8, 4) is 11.1 Å². The number of benzene rings is 3. The van der Waals surface area contributed by atoms with E-state index in [0.29, 0.717) is 0 Å². The van der Waals surface area contributed by atoms with Gasteiger partial charge in [0.2, 0.25) is 0 Å². The van der Waals surface area contributed by atoms with E-state index in [-0.39, 0.29) is 0 Å². The van der Waals surface area contributed by atoms with Gasteiger partial charge in [-0.15, -0.1) is 0 Å². The van der Waals surface area contributed by atoms with Gasteiger partial charge in [-0.1, -0.05) is 41.6 Å². The molecular formula is C19H10NSi. The van der Waals surface area contributed by atoms with Crippen molar-refractivity contribution in [1.82, 2.24) is 0 Å². The van der Waals surface area contributed by atoms with E-state index in [4.69, 9.17) is 4.99 Å². The van der Waals surface area contributed by atoms with E-state index in [2.05, 4.69) is 64.8 Å². The smallest absolute Gasteiger partial charge is 0.0722 e. The van der Waals surface area contributed by atoms with Crippen LogP contribution in [0.1, 0.15) is 5.56 Å². The maximum Gasteiger partial charge on any atom is 0.0722 e. The lowest BCUT2D eigenvalue weighted by atomic mass is 10.0. The van der Waals surface area contributed by atoms with Gasteiger partial charge in [-0.05, 0) is 45.5 Å². The first-order chi connectivity index (χ1) is 10.3. The van der Waals surface area contributed by atoms with Crippen LogP contribution in [0.2, 0.25) is 0 Å². The topological polar surface area (TPSA) is 12.4 Å². The predicted molar refractivity (Wildman–Crippen MR) is 85.4 cm³/mol. The fourth-order valence-electron chi connectivity index (χ4n) is 3.33. The zero-order chi connectivity index (χ0) is 14.0. The Hall–Kier alpha value is -2.45. The van der Waals surface area contributed by atoms with Crippen molar-refractivity contribution in [3.63, 3.8) is 0 Å². The van der Waals surface area contributed by atoms with Gasteiger partial charge in [0.1, 0.15) is 0 Å². The summed E-state index contributed by atoms with van der Waals surface area (Å²) in [5, 5.41) is 6.09. The third-order valence-electron chi connectivity index (χ3n) is 4.28. The van der Waals surface area contributed by atoms with Gasteiger partial charge in [0.25, 0.3) is 0 Å². The zero-order valence-corrected chi connectivity index (χ0v) is 12.2. The van der Waals surface area contributed by atoms with Crippen molar-refractivity contribution in [2.45, 2.75) is 0 Å². The Bertz CT molecular complexity index is 1140. The quantitative estimate of drug-likeness (QED) is 0.384. The third-order valence-corrected chi connectivity index (χ3v) is 4.70. The predicted octanol–water partition coefficient (Wildman–Crippen LogP) is 1.84. The molecule has 0 atom stereocenters. The summed E-state index contributed by atoms with van der Waals surface area (Å²) in [6.45, 7) is 0. The summed E-state index contributed by atoms with van der Waals surface area (Å²) in [5.41, 5.74) is 4.74. The molecule has 0 aromatic heterocycles. The highest BCUT2D eigenvalue weighted by Gasteiger charge is 2.17. The summed E-state index contributed by atoms with van der Waals surface area (Å²) in [5.74, 6) is 0. The summed E-state index contributed by atoms with van der Waals surface area (Å²) in [7, 11) is 3.72. The molecule has 3 radical (unpaired) electrons. The van der Waals surface area contributed by atoms with E-state index < -0.39 is 0 Å². The van der Waals surface area contributed by atoms with Crippen LogP contribution in [0.15, 0.2) is 59.6 Å². The summed E-state index contributed by atoms with van der Waals surface area (Å²) < 4.78 is 0. The Balaban J connectivity index is 1.98. The number of hydrogen-bond donors (Lipinski definition) is 0. The molecule has 0 unspecified atom stereocenters.